The van der Waals surface area contributed by atoms with Crippen molar-refractivity contribution < 1.29 is 19.5 Å². The van der Waals surface area contributed by atoms with E-state index in [1.165, 1.54) is 11.3 Å². The Kier molecular flexibility index (Phi) is 4.65. The average Bonchev–Trinajstić information content (AvgIpc) is 2.73. The van der Waals surface area contributed by atoms with E-state index in [4.69, 9.17) is 5.73 Å². The Morgan fingerprint density at radius 1 is 1.23 bits per heavy atom. The second-order valence-electron chi connectivity index (χ2n) is 5.33. The summed E-state index contributed by atoms with van der Waals surface area (Å²) in [5.41, 5.74) is 6.41. The number of carbonyl (C=O) groups is 3. The first-order chi connectivity index (χ1) is 10.3. The number of amides is 2. The normalized spacial score (nSPS) is 20.6. The minimum atomic E-state index is -0.988. The zero-order chi connectivity index (χ0) is 16.4. The number of carboxylic acid groups (broad SMARTS) is 1. The molecule has 0 aliphatic heterocycles. The molecular weight excluding hydrogens is 304 g/mol. The van der Waals surface area contributed by atoms with Crippen LogP contribution in [0.3, 0.4) is 0 Å². The fraction of sp³-hybridized carbons (Fsp3) is 0.400. The molecule has 4 N–H and O–H groups in total. The van der Waals surface area contributed by atoms with E-state index in [1.807, 2.05) is 13.0 Å². The molecule has 0 saturated heterocycles. The van der Waals surface area contributed by atoms with Crippen molar-refractivity contribution in [3.05, 3.63) is 28.2 Å². The van der Waals surface area contributed by atoms with Gasteiger partial charge in [-0.15, -0.1) is 11.3 Å². The van der Waals surface area contributed by atoms with E-state index in [0.717, 1.165) is 10.4 Å². The number of allylic oxidation sites excluding steroid dienone is 2. The molecule has 2 rings (SSSR count). The lowest BCUT2D eigenvalue weighted by Crippen LogP contribution is -2.35. The molecule has 1 aliphatic rings. The summed E-state index contributed by atoms with van der Waals surface area (Å²) < 4.78 is 0. The van der Waals surface area contributed by atoms with E-state index in [1.54, 1.807) is 13.0 Å². The third-order valence-corrected chi connectivity index (χ3v) is 5.08. The maximum absolute atomic E-state index is 12.4. The molecule has 2 amide bonds. The van der Waals surface area contributed by atoms with Gasteiger partial charge in [-0.25, -0.2) is 0 Å². The van der Waals surface area contributed by atoms with E-state index >= 15 is 0 Å². The molecule has 0 fully saturated rings. The summed E-state index contributed by atoms with van der Waals surface area (Å²) in [5, 5.41) is 12.3. The fourth-order valence-electron chi connectivity index (χ4n) is 2.59. The van der Waals surface area contributed by atoms with Crippen LogP contribution in [0.15, 0.2) is 12.2 Å². The van der Waals surface area contributed by atoms with Gasteiger partial charge in [-0.05, 0) is 32.3 Å². The Morgan fingerprint density at radius 3 is 2.36 bits per heavy atom. The van der Waals surface area contributed by atoms with Crippen LogP contribution in [0.4, 0.5) is 5.00 Å². The Labute approximate surface area is 132 Å². The SMILES string of the molecule is Cc1sc(NC(=O)[C@@H]2CC=CC[C@H]2C(=O)O)c(C(N)=O)c1C. The van der Waals surface area contributed by atoms with Gasteiger partial charge < -0.3 is 16.2 Å². The van der Waals surface area contributed by atoms with Crippen molar-refractivity contribution >= 4 is 34.1 Å². The van der Waals surface area contributed by atoms with Gasteiger partial charge >= 0.3 is 5.97 Å². The number of primary amides is 1. The molecule has 0 bridgehead atoms. The standard InChI is InChI=1S/C15H18N2O4S/c1-7-8(2)22-14(11(7)12(16)18)17-13(19)9-5-3-4-6-10(9)15(20)21/h3-4,9-10H,5-6H2,1-2H3,(H2,16,18)(H,17,19)(H,20,21)/t9-,10-/m1/s1. The Morgan fingerprint density at radius 2 is 1.82 bits per heavy atom. The zero-order valence-electron chi connectivity index (χ0n) is 12.4. The Hall–Kier alpha value is -2.15. The number of aryl methyl sites for hydroxylation is 1. The molecular formula is C15H18N2O4S. The molecule has 0 saturated carbocycles. The number of hydrogen-bond donors (Lipinski definition) is 3. The summed E-state index contributed by atoms with van der Waals surface area (Å²) in [5.74, 6) is -3.37. The van der Waals surface area contributed by atoms with Gasteiger partial charge in [-0.3, -0.25) is 14.4 Å². The van der Waals surface area contributed by atoms with Crippen molar-refractivity contribution in [2.75, 3.05) is 5.32 Å². The lowest BCUT2D eigenvalue weighted by molar-refractivity contribution is -0.146. The molecule has 6 nitrogen and oxygen atoms in total. The molecule has 2 atom stereocenters. The first-order valence-corrected chi connectivity index (χ1v) is 7.73. The van der Waals surface area contributed by atoms with Crippen molar-refractivity contribution in [2.24, 2.45) is 17.6 Å². The predicted octanol–water partition coefficient (Wildman–Crippen LogP) is 2.07. The van der Waals surface area contributed by atoms with Crippen LogP contribution >= 0.6 is 11.3 Å². The second kappa shape index (κ2) is 6.31. The maximum atomic E-state index is 12.4. The van der Waals surface area contributed by atoms with Crippen LogP contribution in [0.25, 0.3) is 0 Å². The monoisotopic (exact) mass is 322 g/mol. The van der Waals surface area contributed by atoms with E-state index in [2.05, 4.69) is 5.32 Å². The number of carbonyl (C=O) groups excluding carboxylic acids is 2. The minimum absolute atomic E-state index is 0.300. The molecule has 1 aromatic rings. The van der Waals surface area contributed by atoms with Crippen LogP contribution in [0.1, 0.15) is 33.6 Å². The number of hydrogen-bond acceptors (Lipinski definition) is 4. The van der Waals surface area contributed by atoms with Crippen LogP contribution in [0.5, 0.6) is 0 Å². The van der Waals surface area contributed by atoms with Crippen LogP contribution in [0, 0.1) is 25.7 Å². The first-order valence-electron chi connectivity index (χ1n) is 6.91. The summed E-state index contributed by atoms with van der Waals surface area (Å²) in [7, 11) is 0. The van der Waals surface area contributed by atoms with Gasteiger partial charge in [0.15, 0.2) is 0 Å². The van der Waals surface area contributed by atoms with Gasteiger partial charge in [0.2, 0.25) is 5.91 Å². The van der Waals surface area contributed by atoms with Gasteiger partial charge in [0, 0.05) is 4.88 Å². The predicted molar refractivity (Wildman–Crippen MR) is 83.9 cm³/mol. The van der Waals surface area contributed by atoms with Crippen molar-refractivity contribution in [2.45, 2.75) is 26.7 Å². The summed E-state index contributed by atoms with van der Waals surface area (Å²) in [6.45, 7) is 3.61. The van der Waals surface area contributed by atoms with Crippen molar-refractivity contribution in [1.29, 1.82) is 0 Å². The van der Waals surface area contributed by atoms with Crippen molar-refractivity contribution in [3.8, 4) is 0 Å². The van der Waals surface area contributed by atoms with Gasteiger partial charge in [0.05, 0.1) is 17.4 Å². The van der Waals surface area contributed by atoms with E-state index < -0.39 is 23.7 Å². The van der Waals surface area contributed by atoms with Gasteiger partial charge in [0.1, 0.15) is 5.00 Å². The molecule has 7 heteroatoms. The number of rotatable bonds is 4. The summed E-state index contributed by atoms with van der Waals surface area (Å²) >= 11 is 1.27. The van der Waals surface area contributed by atoms with Crippen molar-refractivity contribution in [1.82, 2.24) is 0 Å². The molecule has 0 unspecified atom stereocenters. The number of nitrogens with two attached hydrogens (primary N) is 1. The van der Waals surface area contributed by atoms with E-state index in [0.29, 0.717) is 23.4 Å². The maximum Gasteiger partial charge on any atom is 0.307 e. The second-order valence-corrected chi connectivity index (χ2v) is 6.56. The van der Waals surface area contributed by atoms with Crippen LogP contribution in [-0.2, 0) is 9.59 Å². The van der Waals surface area contributed by atoms with E-state index in [-0.39, 0.29) is 5.91 Å². The zero-order valence-corrected chi connectivity index (χ0v) is 13.2. The fourth-order valence-corrected chi connectivity index (χ4v) is 3.66. The molecule has 1 aliphatic carbocycles. The first kappa shape index (κ1) is 16.2. The molecule has 0 spiro atoms. The minimum Gasteiger partial charge on any atom is -0.481 e. The summed E-state index contributed by atoms with van der Waals surface area (Å²) in [6.07, 6.45) is 4.29. The third-order valence-electron chi connectivity index (χ3n) is 3.95. The summed E-state index contributed by atoms with van der Waals surface area (Å²) in [6, 6.07) is 0. The topological polar surface area (TPSA) is 109 Å². The average molecular weight is 322 g/mol. The smallest absolute Gasteiger partial charge is 0.307 e. The lowest BCUT2D eigenvalue weighted by atomic mass is 9.82. The largest absolute Gasteiger partial charge is 0.481 e. The molecule has 1 aromatic heterocycles. The number of nitrogens with one attached hydrogen (secondary N) is 1. The van der Waals surface area contributed by atoms with Crippen LogP contribution in [-0.4, -0.2) is 22.9 Å². The van der Waals surface area contributed by atoms with Gasteiger partial charge in [-0.2, -0.15) is 0 Å². The highest BCUT2D eigenvalue weighted by Gasteiger charge is 2.34. The van der Waals surface area contributed by atoms with Gasteiger partial charge in [-0.1, -0.05) is 12.2 Å². The molecule has 0 radical (unpaired) electrons. The highest BCUT2D eigenvalue weighted by molar-refractivity contribution is 7.16. The Bertz CT molecular complexity index is 663. The van der Waals surface area contributed by atoms with E-state index in [9.17, 15) is 19.5 Å². The number of anilines is 1. The molecule has 1 heterocycles. The summed E-state index contributed by atoms with van der Waals surface area (Å²) in [4.78, 5) is 36.1. The number of carboxylic acids is 1. The Balaban J connectivity index is 2.25. The van der Waals surface area contributed by atoms with Gasteiger partial charge in [0.25, 0.3) is 5.91 Å². The quantitative estimate of drug-likeness (QED) is 0.737. The third kappa shape index (κ3) is 3.04. The molecule has 0 aromatic carbocycles. The van der Waals surface area contributed by atoms with Crippen LogP contribution in [0.2, 0.25) is 0 Å². The molecule has 118 valence electrons. The van der Waals surface area contributed by atoms with Crippen LogP contribution < -0.4 is 11.1 Å². The van der Waals surface area contributed by atoms with Crippen molar-refractivity contribution in [3.63, 3.8) is 0 Å². The highest BCUT2D eigenvalue weighted by Crippen LogP contribution is 2.34. The lowest BCUT2D eigenvalue weighted by Gasteiger charge is -2.24. The highest BCUT2D eigenvalue weighted by atomic mass is 32.1. The number of aliphatic carboxylic acids is 1. The number of thiophene rings is 1. The molecule has 22 heavy (non-hydrogen) atoms.